The summed E-state index contributed by atoms with van der Waals surface area (Å²) in [6.45, 7) is 1.81. The quantitative estimate of drug-likeness (QED) is 0.228. The van der Waals surface area contributed by atoms with Gasteiger partial charge in [0.15, 0.2) is 11.8 Å². The van der Waals surface area contributed by atoms with Gasteiger partial charge in [-0.15, -0.1) is 0 Å². The second kappa shape index (κ2) is 12.4. The number of nitriles is 1. The maximum atomic E-state index is 13.8. The molecule has 18 heteroatoms. The van der Waals surface area contributed by atoms with Crippen LogP contribution in [0.1, 0.15) is 24.9 Å². The van der Waals surface area contributed by atoms with E-state index in [0.717, 1.165) is 22.6 Å². The molecule has 4 N–H and O–H groups in total. The maximum Gasteiger partial charge on any atom is 0.416 e. The molecule has 1 fully saturated rings. The Hall–Kier alpha value is -5.09. The smallest absolute Gasteiger partial charge is 0.416 e. The number of hydrogen-bond acceptors (Lipinski definition) is 11. The first kappa shape index (κ1) is 32.3. The highest BCUT2D eigenvalue weighted by Gasteiger charge is 2.48. The first-order valence-corrected chi connectivity index (χ1v) is 13.5. The van der Waals surface area contributed by atoms with Crippen molar-refractivity contribution in [2.75, 3.05) is 11.9 Å². The van der Waals surface area contributed by atoms with E-state index in [-0.39, 0.29) is 18.1 Å². The fourth-order valence-electron chi connectivity index (χ4n) is 4.86. The highest BCUT2D eigenvalue weighted by atomic mass is 19.4. The van der Waals surface area contributed by atoms with Crippen LogP contribution in [0, 0.1) is 11.3 Å². The van der Waals surface area contributed by atoms with Crippen LogP contribution in [-0.4, -0.2) is 94.5 Å². The Balaban J connectivity index is 1.50. The van der Waals surface area contributed by atoms with Crippen LogP contribution in [0.2, 0.25) is 0 Å². The van der Waals surface area contributed by atoms with Gasteiger partial charge in [0.05, 0.1) is 41.7 Å². The van der Waals surface area contributed by atoms with Gasteiger partial charge in [-0.1, -0.05) is 0 Å². The molecule has 46 heavy (non-hydrogen) atoms. The number of aliphatic hydroxyl groups is 3. The van der Waals surface area contributed by atoms with Crippen LogP contribution in [0.25, 0.3) is 22.3 Å². The van der Waals surface area contributed by atoms with E-state index < -0.39 is 65.9 Å². The Kier molecular flexibility index (Phi) is 8.68. The van der Waals surface area contributed by atoms with E-state index in [0.29, 0.717) is 28.8 Å². The Morgan fingerprint density at radius 3 is 2.59 bits per heavy atom. The van der Waals surface area contributed by atoms with Crippen molar-refractivity contribution in [2.45, 2.75) is 56.3 Å². The summed E-state index contributed by atoms with van der Waals surface area (Å²) >= 11 is 0. The number of carbonyl (C=O) groups is 2. The minimum Gasteiger partial charge on any atom is -0.479 e. The molecule has 1 saturated heterocycles. The van der Waals surface area contributed by atoms with Crippen molar-refractivity contribution in [3.05, 3.63) is 54.7 Å². The molecule has 1 aromatic carbocycles. The summed E-state index contributed by atoms with van der Waals surface area (Å²) in [4.78, 5) is 34.5. The van der Waals surface area contributed by atoms with E-state index in [1.807, 2.05) is 6.92 Å². The number of ether oxygens (including phenoxy) is 2. The van der Waals surface area contributed by atoms with E-state index in [1.54, 1.807) is 10.9 Å². The van der Waals surface area contributed by atoms with Crippen molar-refractivity contribution >= 4 is 28.7 Å². The van der Waals surface area contributed by atoms with Crippen molar-refractivity contribution < 1.29 is 52.7 Å². The molecule has 1 aliphatic heterocycles. The fourth-order valence-corrected chi connectivity index (χ4v) is 4.86. The normalized spacial score (nSPS) is 22.3. The number of alkyl halides is 3. The van der Waals surface area contributed by atoms with Crippen LogP contribution in [0.3, 0.4) is 0 Å². The van der Waals surface area contributed by atoms with Crippen LogP contribution in [-0.2, 0) is 15.7 Å². The topological polar surface area (TPSA) is 209 Å². The zero-order chi connectivity index (χ0) is 33.5. The maximum absolute atomic E-state index is 13.8. The molecule has 1 amide bonds. The van der Waals surface area contributed by atoms with Gasteiger partial charge in [-0.3, -0.25) is 14.1 Å². The van der Waals surface area contributed by atoms with Gasteiger partial charge in [0.2, 0.25) is 6.29 Å². The Morgan fingerprint density at radius 1 is 1.17 bits per heavy atom. The first-order chi connectivity index (χ1) is 21.7. The number of carboxylic acid groups (broad SMARTS) is 1. The third-order valence-corrected chi connectivity index (χ3v) is 7.39. The third-order valence-electron chi connectivity index (χ3n) is 7.39. The van der Waals surface area contributed by atoms with E-state index >= 15 is 0 Å². The van der Waals surface area contributed by atoms with Gasteiger partial charge in [0, 0.05) is 30.4 Å². The molecule has 15 nitrogen and oxygen atoms in total. The largest absolute Gasteiger partial charge is 0.479 e. The highest BCUT2D eigenvalue weighted by molar-refractivity contribution is 6.02. The van der Waals surface area contributed by atoms with E-state index in [9.17, 15) is 43.2 Å². The molecule has 242 valence electrons. The number of rotatable bonds is 7. The number of aliphatic hydroxyl groups excluding tert-OH is 3. The average molecular weight is 646 g/mol. The summed E-state index contributed by atoms with van der Waals surface area (Å²) in [5, 5.41) is 53.5. The van der Waals surface area contributed by atoms with Gasteiger partial charge >= 0.3 is 18.2 Å². The minimum absolute atomic E-state index is 0.0987. The number of nitrogens with zero attached hydrogens (tertiary/aromatic N) is 7. The number of amides is 1. The SMILES string of the molecule is C[C@@H](CC#N)n1cc(-c2ncnc3c2ccn3C(=O)N(C)c2cc(C(F)(F)F)ccc2O[C@@H]2O[C@H](C(=O)O)[C@@H](O)[C@H](O)[C@H]2O)cn1. The number of anilines is 1. The second-order valence-corrected chi connectivity index (χ2v) is 10.4. The van der Waals surface area contributed by atoms with Gasteiger partial charge < -0.3 is 29.9 Å². The molecule has 1 aliphatic rings. The zero-order valence-corrected chi connectivity index (χ0v) is 24.0. The Bertz CT molecular complexity index is 1820. The molecule has 0 saturated carbocycles. The number of aliphatic carboxylic acids is 1. The van der Waals surface area contributed by atoms with Crippen molar-refractivity contribution in [2.24, 2.45) is 0 Å². The molecule has 4 heterocycles. The van der Waals surface area contributed by atoms with Gasteiger partial charge in [0.25, 0.3) is 0 Å². The number of fused-ring (bicyclic) bond motifs is 1. The Labute approximate surface area is 257 Å². The molecule has 0 radical (unpaired) electrons. The Morgan fingerprint density at radius 2 is 1.91 bits per heavy atom. The molecule has 0 unspecified atom stereocenters. The van der Waals surface area contributed by atoms with Gasteiger partial charge in [0.1, 0.15) is 30.4 Å². The van der Waals surface area contributed by atoms with Crippen LogP contribution >= 0.6 is 0 Å². The van der Waals surface area contributed by atoms with Crippen molar-refractivity contribution in [1.82, 2.24) is 24.3 Å². The minimum atomic E-state index is -4.84. The van der Waals surface area contributed by atoms with Crippen molar-refractivity contribution in [3.63, 3.8) is 0 Å². The molecule has 3 aromatic heterocycles. The predicted molar refractivity (Wildman–Crippen MR) is 149 cm³/mol. The standard InChI is InChI=1S/C28H26F3N7O8/c1-13(5-7-32)38-11-14(10-35-38)19-16-6-8-37(24(16)34-12-33-19)27(44)36(2)17-9-15(28(29,30)31)3-4-18(17)45-26-22(41)20(39)21(40)23(46-26)25(42)43/h3-4,6,8-13,20-23,26,39-41H,5H2,1-2H3,(H,42,43)/t13-,20-,21-,22+,23-,26+/m0/s1. The summed E-state index contributed by atoms with van der Waals surface area (Å²) in [7, 11) is 1.15. The van der Waals surface area contributed by atoms with Crippen molar-refractivity contribution in [1.29, 1.82) is 5.26 Å². The van der Waals surface area contributed by atoms with E-state index in [4.69, 9.17) is 14.7 Å². The lowest BCUT2D eigenvalue weighted by atomic mass is 9.99. The zero-order valence-electron chi connectivity index (χ0n) is 24.0. The number of hydrogen-bond donors (Lipinski definition) is 4. The van der Waals surface area contributed by atoms with E-state index in [1.165, 1.54) is 24.8 Å². The summed E-state index contributed by atoms with van der Waals surface area (Å²) in [6, 6.07) is 4.55. The number of carbonyl (C=O) groups excluding carboxylic acids is 1. The molecule has 5 rings (SSSR count). The van der Waals surface area contributed by atoms with Gasteiger partial charge in [-0.25, -0.2) is 19.6 Å². The molecule has 0 bridgehead atoms. The first-order valence-electron chi connectivity index (χ1n) is 13.5. The molecular formula is C28H26F3N7O8. The number of halogens is 3. The summed E-state index contributed by atoms with van der Waals surface area (Å²) in [6.07, 6.45) is -8.99. The lowest BCUT2D eigenvalue weighted by Crippen LogP contribution is -2.61. The van der Waals surface area contributed by atoms with Gasteiger partial charge in [-0.2, -0.15) is 23.5 Å². The fraction of sp³-hybridized carbons (Fsp3) is 0.357. The van der Waals surface area contributed by atoms with Gasteiger partial charge in [-0.05, 0) is 31.2 Å². The number of carboxylic acids is 1. The summed E-state index contributed by atoms with van der Waals surface area (Å²) in [5.74, 6) is -2.15. The number of aromatic nitrogens is 5. The van der Waals surface area contributed by atoms with Crippen LogP contribution < -0.4 is 9.64 Å². The molecule has 4 aromatic rings. The molecular weight excluding hydrogens is 619 g/mol. The summed E-state index contributed by atoms with van der Waals surface area (Å²) in [5.41, 5.74) is -0.575. The molecule has 0 aliphatic carbocycles. The monoisotopic (exact) mass is 645 g/mol. The summed E-state index contributed by atoms with van der Waals surface area (Å²) < 4.78 is 54.4. The van der Waals surface area contributed by atoms with E-state index in [2.05, 4.69) is 21.1 Å². The van der Waals surface area contributed by atoms with Crippen LogP contribution in [0.5, 0.6) is 5.75 Å². The average Bonchev–Trinajstić information content (AvgIpc) is 3.68. The second-order valence-electron chi connectivity index (χ2n) is 10.4. The highest BCUT2D eigenvalue weighted by Crippen LogP contribution is 2.38. The number of benzene rings is 1. The molecule has 0 spiro atoms. The predicted octanol–water partition coefficient (Wildman–Crippen LogP) is 2.16. The van der Waals surface area contributed by atoms with Crippen LogP contribution in [0.15, 0.2) is 49.2 Å². The van der Waals surface area contributed by atoms with Crippen LogP contribution in [0.4, 0.5) is 23.7 Å². The van der Waals surface area contributed by atoms with Crippen molar-refractivity contribution in [3.8, 4) is 23.1 Å². The third kappa shape index (κ3) is 5.95. The molecule has 6 atom stereocenters. The lowest BCUT2D eigenvalue weighted by Gasteiger charge is -2.38. The lowest BCUT2D eigenvalue weighted by molar-refractivity contribution is -0.271.